The van der Waals surface area contributed by atoms with E-state index in [-0.39, 0.29) is 17.2 Å². The number of aromatic nitrogens is 5. The zero-order valence-electron chi connectivity index (χ0n) is 14.0. The van der Waals surface area contributed by atoms with Gasteiger partial charge in [0.1, 0.15) is 5.82 Å². The van der Waals surface area contributed by atoms with Gasteiger partial charge in [0, 0.05) is 25.2 Å². The van der Waals surface area contributed by atoms with Crippen LogP contribution in [0.5, 0.6) is 0 Å². The molecule has 9 heteroatoms. The van der Waals surface area contributed by atoms with Gasteiger partial charge in [0.25, 0.3) is 0 Å². The summed E-state index contributed by atoms with van der Waals surface area (Å²) < 4.78 is 28.7. The quantitative estimate of drug-likeness (QED) is 0.763. The van der Waals surface area contributed by atoms with Crippen LogP contribution < -0.4 is 0 Å². The minimum absolute atomic E-state index is 0.0477. The standard InChI is InChI=1S/C16H20N6O2S/c1-21(25(23,24)12-4-5-12)11-3-2-10(8-11)16-20-19-14-9-18-15-13(22(14)16)6-7-17-15/h6-7,9-12,17H,2-5,8H2,1H3/t10-,11+/m1/s1. The predicted octanol–water partition coefficient (Wildman–Crippen LogP) is 1.67. The molecule has 3 aromatic heterocycles. The highest BCUT2D eigenvalue weighted by molar-refractivity contribution is 7.90. The highest BCUT2D eigenvalue weighted by Crippen LogP contribution is 2.39. The molecule has 0 aromatic carbocycles. The SMILES string of the molecule is CN([C@H]1CC[C@@H](c2nnc3cnc4[nH]ccc4n23)C1)S(=O)(=O)C1CC1. The second kappa shape index (κ2) is 5.25. The molecule has 0 aliphatic heterocycles. The molecule has 0 bridgehead atoms. The van der Waals surface area contributed by atoms with E-state index in [4.69, 9.17) is 0 Å². The van der Waals surface area contributed by atoms with Gasteiger partial charge < -0.3 is 4.98 Å². The van der Waals surface area contributed by atoms with E-state index in [1.165, 1.54) is 0 Å². The summed E-state index contributed by atoms with van der Waals surface area (Å²) in [6, 6.07) is 2.02. The largest absolute Gasteiger partial charge is 0.345 e. The predicted molar refractivity (Wildman–Crippen MR) is 92.7 cm³/mol. The smallest absolute Gasteiger partial charge is 0.216 e. The molecule has 2 atom stereocenters. The molecule has 2 saturated carbocycles. The molecule has 0 spiro atoms. The number of nitrogens with one attached hydrogen (secondary N) is 1. The fraction of sp³-hybridized carbons (Fsp3) is 0.562. The monoisotopic (exact) mass is 360 g/mol. The van der Waals surface area contributed by atoms with Crippen LogP contribution in [0, 0.1) is 0 Å². The van der Waals surface area contributed by atoms with Crippen molar-refractivity contribution in [1.82, 2.24) is 28.9 Å². The van der Waals surface area contributed by atoms with Gasteiger partial charge in [-0.15, -0.1) is 10.2 Å². The van der Waals surface area contributed by atoms with Gasteiger partial charge in [-0.05, 0) is 38.2 Å². The maximum atomic E-state index is 12.5. The Labute approximate surface area is 145 Å². The first-order valence-electron chi connectivity index (χ1n) is 8.69. The number of fused-ring (bicyclic) bond motifs is 3. The Hall–Kier alpha value is -2.00. The lowest BCUT2D eigenvalue weighted by atomic mass is 10.1. The van der Waals surface area contributed by atoms with Crippen LogP contribution in [0.25, 0.3) is 16.8 Å². The molecule has 0 radical (unpaired) electrons. The molecule has 2 aliphatic rings. The zero-order valence-corrected chi connectivity index (χ0v) is 14.8. The maximum Gasteiger partial charge on any atom is 0.216 e. The molecule has 0 saturated heterocycles. The van der Waals surface area contributed by atoms with Crippen LogP contribution in [0.4, 0.5) is 0 Å². The fourth-order valence-electron chi connectivity index (χ4n) is 3.99. The van der Waals surface area contributed by atoms with Gasteiger partial charge >= 0.3 is 0 Å². The third-order valence-corrected chi connectivity index (χ3v) is 8.01. The van der Waals surface area contributed by atoms with Crippen molar-refractivity contribution in [1.29, 1.82) is 0 Å². The average Bonchev–Trinajstić information content (AvgIpc) is 3.01. The van der Waals surface area contributed by atoms with Crippen molar-refractivity contribution in [2.45, 2.75) is 49.3 Å². The topological polar surface area (TPSA) is 96.2 Å². The summed E-state index contributed by atoms with van der Waals surface area (Å²) >= 11 is 0. The van der Waals surface area contributed by atoms with Crippen molar-refractivity contribution in [3.05, 3.63) is 24.3 Å². The van der Waals surface area contributed by atoms with E-state index in [1.54, 1.807) is 17.5 Å². The van der Waals surface area contributed by atoms with E-state index in [1.807, 2.05) is 16.7 Å². The van der Waals surface area contributed by atoms with Crippen molar-refractivity contribution in [2.75, 3.05) is 7.05 Å². The fourth-order valence-corrected chi connectivity index (χ4v) is 5.80. The van der Waals surface area contributed by atoms with Gasteiger partial charge in [0.2, 0.25) is 10.0 Å². The third-order valence-electron chi connectivity index (χ3n) is 5.60. The van der Waals surface area contributed by atoms with Crippen LogP contribution in [-0.2, 0) is 10.0 Å². The van der Waals surface area contributed by atoms with Gasteiger partial charge in [0.15, 0.2) is 11.3 Å². The number of hydrogen-bond acceptors (Lipinski definition) is 5. The van der Waals surface area contributed by atoms with Crippen molar-refractivity contribution < 1.29 is 8.42 Å². The molecular weight excluding hydrogens is 340 g/mol. The second-order valence-electron chi connectivity index (χ2n) is 7.15. The lowest BCUT2D eigenvalue weighted by Gasteiger charge is -2.23. The van der Waals surface area contributed by atoms with Gasteiger partial charge in [-0.1, -0.05) is 0 Å². The molecule has 2 fully saturated rings. The number of rotatable bonds is 4. The summed E-state index contributed by atoms with van der Waals surface area (Å²) in [6.07, 6.45) is 7.75. The maximum absolute atomic E-state index is 12.5. The summed E-state index contributed by atoms with van der Waals surface area (Å²) in [4.78, 5) is 7.46. The molecule has 2 aliphatic carbocycles. The van der Waals surface area contributed by atoms with E-state index in [0.29, 0.717) is 0 Å². The lowest BCUT2D eigenvalue weighted by Crippen LogP contribution is -2.37. The Morgan fingerprint density at radius 1 is 1.24 bits per heavy atom. The highest BCUT2D eigenvalue weighted by atomic mass is 32.2. The minimum Gasteiger partial charge on any atom is -0.345 e. The van der Waals surface area contributed by atoms with Crippen LogP contribution in [0.2, 0.25) is 0 Å². The lowest BCUT2D eigenvalue weighted by molar-refractivity contribution is 0.368. The van der Waals surface area contributed by atoms with Crippen LogP contribution in [0.3, 0.4) is 0 Å². The molecular formula is C16H20N6O2S. The molecule has 3 heterocycles. The molecule has 25 heavy (non-hydrogen) atoms. The van der Waals surface area contributed by atoms with Crippen molar-refractivity contribution in [2.24, 2.45) is 0 Å². The Morgan fingerprint density at radius 3 is 2.88 bits per heavy atom. The molecule has 0 unspecified atom stereocenters. The zero-order chi connectivity index (χ0) is 17.2. The van der Waals surface area contributed by atoms with E-state index < -0.39 is 10.0 Å². The van der Waals surface area contributed by atoms with Crippen molar-refractivity contribution in [3.8, 4) is 0 Å². The van der Waals surface area contributed by atoms with Crippen LogP contribution in [0.15, 0.2) is 18.5 Å². The summed E-state index contributed by atoms with van der Waals surface area (Å²) in [5.41, 5.74) is 2.49. The summed E-state index contributed by atoms with van der Waals surface area (Å²) in [6.45, 7) is 0. The first-order valence-corrected chi connectivity index (χ1v) is 10.2. The Morgan fingerprint density at radius 2 is 2.08 bits per heavy atom. The van der Waals surface area contributed by atoms with Gasteiger partial charge in [-0.25, -0.2) is 17.7 Å². The Balaban J connectivity index is 1.47. The number of hydrogen-bond donors (Lipinski definition) is 1. The molecule has 8 nitrogen and oxygen atoms in total. The number of H-pyrrole nitrogens is 1. The first-order chi connectivity index (χ1) is 12.1. The van der Waals surface area contributed by atoms with Gasteiger partial charge in [-0.3, -0.25) is 4.40 Å². The summed E-state index contributed by atoms with van der Waals surface area (Å²) in [5, 5.41) is 8.50. The van der Waals surface area contributed by atoms with E-state index in [9.17, 15) is 8.42 Å². The van der Waals surface area contributed by atoms with Crippen LogP contribution in [-0.4, -0.2) is 55.6 Å². The normalized spacial score (nSPS) is 24.7. The van der Waals surface area contributed by atoms with Gasteiger partial charge in [0.05, 0.1) is 17.0 Å². The molecule has 0 amide bonds. The summed E-state index contributed by atoms with van der Waals surface area (Å²) in [7, 11) is -1.40. The van der Waals surface area contributed by atoms with E-state index in [2.05, 4.69) is 20.2 Å². The van der Waals surface area contributed by atoms with Crippen molar-refractivity contribution in [3.63, 3.8) is 0 Å². The minimum atomic E-state index is -3.13. The van der Waals surface area contributed by atoms with E-state index >= 15 is 0 Å². The number of aromatic amines is 1. The Bertz CT molecular complexity index is 1050. The molecule has 3 aromatic rings. The Kier molecular flexibility index (Phi) is 3.21. The third kappa shape index (κ3) is 2.29. The van der Waals surface area contributed by atoms with Crippen LogP contribution >= 0.6 is 0 Å². The van der Waals surface area contributed by atoms with Crippen LogP contribution in [0.1, 0.15) is 43.8 Å². The van der Waals surface area contributed by atoms with Crippen molar-refractivity contribution >= 4 is 26.8 Å². The molecule has 1 N–H and O–H groups in total. The average molecular weight is 360 g/mol. The highest BCUT2D eigenvalue weighted by Gasteiger charge is 2.43. The molecule has 132 valence electrons. The number of sulfonamides is 1. The number of nitrogens with zero attached hydrogens (tertiary/aromatic N) is 5. The van der Waals surface area contributed by atoms with E-state index in [0.717, 1.165) is 54.7 Å². The molecule has 5 rings (SSSR count). The second-order valence-corrected chi connectivity index (χ2v) is 9.42. The van der Waals surface area contributed by atoms with Gasteiger partial charge in [-0.2, -0.15) is 0 Å². The first kappa shape index (κ1) is 15.3. The summed E-state index contributed by atoms with van der Waals surface area (Å²) in [5.74, 6) is 1.11.